The fraction of sp³-hybridized carbons (Fsp3) is 0. The van der Waals surface area contributed by atoms with Gasteiger partial charge in [0.1, 0.15) is 11.4 Å². The van der Waals surface area contributed by atoms with Crippen LogP contribution in [0.15, 0.2) is 64.2 Å². The molecule has 0 saturated heterocycles. The van der Waals surface area contributed by atoms with E-state index >= 15 is 0 Å². The maximum absolute atomic E-state index is 9.34. The summed E-state index contributed by atoms with van der Waals surface area (Å²) in [5.41, 5.74) is 2.54. The van der Waals surface area contributed by atoms with Gasteiger partial charge in [0.05, 0.1) is 0 Å². The Labute approximate surface area is 116 Å². The highest BCUT2D eigenvalue weighted by molar-refractivity contribution is 7.80. The zero-order valence-corrected chi connectivity index (χ0v) is 10.8. The first-order valence-corrected chi connectivity index (χ1v) is 6.23. The van der Waals surface area contributed by atoms with Crippen LogP contribution >= 0.6 is 12.6 Å². The van der Waals surface area contributed by atoms with E-state index in [0.29, 0.717) is 11.0 Å². The fourth-order valence-electron chi connectivity index (χ4n) is 1.91. The predicted octanol–water partition coefficient (Wildman–Crippen LogP) is 4.00. The van der Waals surface area contributed by atoms with Crippen molar-refractivity contribution >= 4 is 12.6 Å². The molecule has 3 aromatic rings. The molecule has 0 bridgehead atoms. The summed E-state index contributed by atoms with van der Waals surface area (Å²) in [7, 11) is 0. The number of hydrogen-bond donors (Lipinski definition) is 2. The molecule has 0 aliphatic rings. The second-order valence-electron chi connectivity index (χ2n) is 4.09. The Morgan fingerprint density at radius 1 is 0.895 bits per heavy atom. The first-order chi connectivity index (χ1) is 9.24. The second-order valence-corrected chi connectivity index (χ2v) is 4.47. The number of aromatic nitrogens is 1. The van der Waals surface area contributed by atoms with Gasteiger partial charge < -0.3 is 9.52 Å². The molecule has 1 heterocycles. The van der Waals surface area contributed by atoms with Crippen molar-refractivity contribution in [3.8, 4) is 28.3 Å². The molecule has 1 N–H and O–H groups in total. The summed E-state index contributed by atoms with van der Waals surface area (Å²) < 4.78 is 5.58. The van der Waals surface area contributed by atoms with E-state index < -0.39 is 0 Å². The zero-order chi connectivity index (χ0) is 13.2. The van der Waals surface area contributed by atoms with Gasteiger partial charge in [-0.1, -0.05) is 43.0 Å². The summed E-state index contributed by atoms with van der Waals surface area (Å²) >= 11 is 4.17. The Morgan fingerprint density at radius 3 is 2.26 bits per heavy atom. The first kappa shape index (κ1) is 11.9. The zero-order valence-electron chi connectivity index (χ0n) is 9.95. The van der Waals surface area contributed by atoms with Gasteiger partial charge in [-0.25, -0.2) is 4.98 Å². The monoisotopic (exact) mass is 269 g/mol. The van der Waals surface area contributed by atoms with E-state index in [1.54, 1.807) is 24.3 Å². The number of hydrogen-bond acceptors (Lipinski definition) is 4. The van der Waals surface area contributed by atoms with Gasteiger partial charge in [-0.05, 0) is 24.3 Å². The van der Waals surface area contributed by atoms with E-state index in [0.717, 1.165) is 16.8 Å². The first-order valence-electron chi connectivity index (χ1n) is 5.78. The molecular formula is C15H11NO2S. The molecule has 0 aliphatic heterocycles. The van der Waals surface area contributed by atoms with Crippen molar-refractivity contribution in [1.82, 2.24) is 4.98 Å². The van der Waals surface area contributed by atoms with Gasteiger partial charge in [0, 0.05) is 11.1 Å². The van der Waals surface area contributed by atoms with E-state index in [2.05, 4.69) is 17.6 Å². The van der Waals surface area contributed by atoms with Crippen molar-refractivity contribution in [3.63, 3.8) is 0 Å². The van der Waals surface area contributed by atoms with Crippen LogP contribution in [0.2, 0.25) is 0 Å². The molecule has 94 valence electrons. The van der Waals surface area contributed by atoms with Crippen LogP contribution in [0, 0.1) is 0 Å². The second kappa shape index (κ2) is 4.82. The summed E-state index contributed by atoms with van der Waals surface area (Å²) in [5, 5.41) is 9.66. The maximum atomic E-state index is 9.34. The maximum Gasteiger partial charge on any atom is 0.253 e. The van der Waals surface area contributed by atoms with E-state index in [9.17, 15) is 5.11 Å². The Morgan fingerprint density at radius 2 is 1.58 bits per heavy atom. The van der Waals surface area contributed by atoms with E-state index in [1.807, 2.05) is 30.3 Å². The summed E-state index contributed by atoms with van der Waals surface area (Å²) in [4.78, 5) is 4.30. The molecule has 3 nitrogen and oxygen atoms in total. The van der Waals surface area contributed by atoms with Gasteiger partial charge in [-0.3, -0.25) is 0 Å². The number of aromatic hydroxyl groups is 1. The van der Waals surface area contributed by atoms with Crippen LogP contribution in [0.1, 0.15) is 0 Å². The SMILES string of the molecule is Oc1ccc(-c2nc(S)oc2-c2ccccc2)cc1. The van der Waals surface area contributed by atoms with Crippen LogP contribution in [-0.4, -0.2) is 10.1 Å². The van der Waals surface area contributed by atoms with Crippen LogP contribution in [0.5, 0.6) is 5.75 Å². The molecular weight excluding hydrogens is 258 g/mol. The van der Waals surface area contributed by atoms with Crippen molar-refractivity contribution in [2.45, 2.75) is 5.22 Å². The molecule has 1 aromatic heterocycles. The fourth-order valence-corrected chi connectivity index (χ4v) is 2.10. The Bertz CT molecular complexity index is 690. The minimum Gasteiger partial charge on any atom is -0.508 e. The molecule has 4 heteroatoms. The predicted molar refractivity (Wildman–Crippen MR) is 76.3 cm³/mol. The third-order valence-corrected chi connectivity index (χ3v) is 2.98. The summed E-state index contributed by atoms with van der Waals surface area (Å²) in [6.07, 6.45) is 0. The van der Waals surface area contributed by atoms with Crippen molar-refractivity contribution in [2.75, 3.05) is 0 Å². The summed E-state index contributed by atoms with van der Waals surface area (Å²) in [6, 6.07) is 16.6. The van der Waals surface area contributed by atoms with Crippen LogP contribution in [0.4, 0.5) is 0 Å². The number of thiol groups is 1. The Hall–Kier alpha value is -2.20. The van der Waals surface area contributed by atoms with Gasteiger partial charge >= 0.3 is 0 Å². The van der Waals surface area contributed by atoms with E-state index in [1.165, 1.54) is 0 Å². The lowest BCUT2D eigenvalue weighted by Gasteiger charge is -2.01. The lowest BCUT2D eigenvalue weighted by Crippen LogP contribution is -1.82. The minimum absolute atomic E-state index is 0.222. The quantitative estimate of drug-likeness (QED) is 0.691. The summed E-state index contributed by atoms with van der Waals surface area (Å²) in [6.45, 7) is 0. The number of nitrogens with zero attached hydrogens (tertiary/aromatic N) is 1. The molecule has 0 radical (unpaired) electrons. The van der Waals surface area contributed by atoms with Gasteiger partial charge in [0.2, 0.25) is 0 Å². The molecule has 0 fully saturated rings. The lowest BCUT2D eigenvalue weighted by molar-refractivity contribution is 0.468. The van der Waals surface area contributed by atoms with Gasteiger partial charge in [-0.15, -0.1) is 0 Å². The highest BCUT2D eigenvalue weighted by atomic mass is 32.1. The minimum atomic E-state index is 0.222. The van der Waals surface area contributed by atoms with E-state index in [4.69, 9.17) is 4.42 Å². The smallest absolute Gasteiger partial charge is 0.253 e. The Kier molecular flexibility index (Phi) is 3.01. The molecule has 0 amide bonds. The standard InChI is InChI=1S/C15H11NO2S/c17-12-8-6-10(7-9-12)13-14(18-15(19)16-13)11-4-2-1-3-5-11/h1-9,17H,(H,16,19). The van der Waals surface area contributed by atoms with Crippen LogP contribution in [-0.2, 0) is 0 Å². The third kappa shape index (κ3) is 2.35. The molecule has 0 atom stereocenters. The lowest BCUT2D eigenvalue weighted by atomic mass is 10.1. The van der Waals surface area contributed by atoms with Crippen LogP contribution in [0.3, 0.4) is 0 Å². The largest absolute Gasteiger partial charge is 0.508 e. The van der Waals surface area contributed by atoms with Crippen molar-refractivity contribution in [1.29, 1.82) is 0 Å². The summed E-state index contributed by atoms with van der Waals surface area (Å²) in [5.74, 6) is 0.899. The molecule has 3 rings (SSSR count). The molecule has 0 aliphatic carbocycles. The average molecular weight is 269 g/mol. The average Bonchev–Trinajstić information content (AvgIpc) is 2.83. The van der Waals surface area contributed by atoms with Crippen molar-refractivity contribution in [2.24, 2.45) is 0 Å². The highest BCUT2D eigenvalue weighted by Crippen LogP contribution is 2.33. The normalized spacial score (nSPS) is 10.6. The molecule has 19 heavy (non-hydrogen) atoms. The molecule has 0 saturated carbocycles. The number of phenolic OH excluding ortho intramolecular Hbond substituents is 1. The van der Waals surface area contributed by atoms with Gasteiger partial charge in [-0.2, -0.15) is 0 Å². The highest BCUT2D eigenvalue weighted by Gasteiger charge is 2.15. The topological polar surface area (TPSA) is 46.3 Å². The van der Waals surface area contributed by atoms with Crippen LogP contribution in [0.25, 0.3) is 22.6 Å². The number of phenols is 1. The van der Waals surface area contributed by atoms with E-state index in [-0.39, 0.29) is 5.75 Å². The molecule has 2 aromatic carbocycles. The molecule has 0 spiro atoms. The Balaban J connectivity index is 2.15. The van der Waals surface area contributed by atoms with Gasteiger partial charge in [0.25, 0.3) is 5.22 Å². The third-order valence-electron chi connectivity index (χ3n) is 2.79. The number of benzene rings is 2. The number of oxazole rings is 1. The molecule has 0 unspecified atom stereocenters. The van der Waals surface area contributed by atoms with Crippen molar-refractivity contribution in [3.05, 3.63) is 54.6 Å². The van der Waals surface area contributed by atoms with Crippen LogP contribution < -0.4 is 0 Å². The van der Waals surface area contributed by atoms with Gasteiger partial charge in [0.15, 0.2) is 5.76 Å². The van der Waals surface area contributed by atoms with Crippen molar-refractivity contribution < 1.29 is 9.52 Å². The number of rotatable bonds is 2.